The Morgan fingerprint density at radius 2 is 0.875 bits per heavy atom. The zero-order valence-corrected chi connectivity index (χ0v) is 26.4. The lowest BCUT2D eigenvalue weighted by Crippen LogP contribution is -2.42. The lowest BCUT2D eigenvalue weighted by Gasteiger charge is -2.17. The summed E-state index contributed by atoms with van der Waals surface area (Å²) in [5, 5.41) is 10.2. The quantitative estimate of drug-likeness (QED) is 0.108. The van der Waals surface area contributed by atoms with Gasteiger partial charge < -0.3 is 35.5 Å². The number of esters is 1. The third kappa shape index (κ3) is 11.3. The molecule has 4 amide bonds. The van der Waals surface area contributed by atoms with E-state index in [-0.39, 0.29) is 36.8 Å². The summed E-state index contributed by atoms with van der Waals surface area (Å²) in [6.45, 7) is 2.97. The zero-order valence-electron chi connectivity index (χ0n) is 26.4. The van der Waals surface area contributed by atoms with Crippen molar-refractivity contribution in [1.29, 1.82) is 0 Å². The topological polar surface area (TPSA) is 161 Å². The fraction of sp³-hybridized carbons (Fsp3) is 0.194. The number of hydrogen-bond donors (Lipinski definition) is 4. The lowest BCUT2D eigenvalue weighted by atomic mass is 10.1. The molecule has 0 aliphatic carbocycles. The van der Waals surface area contributed by atoms with E-state index in [1.807, 2.05) is 54.6 Å². The first-order valence-corrected chi connectivity index (χ1v) is 15.1. The third-order valence-electron chi connectivity index (χ3n) is 6.80. The number of benzene rings is 4. The van der Waals surface area contributed by atoms with Crippen LogP contribution in [-0.4, -0.2) is 42.1 Å². The smallest absolute Gasteiger partial charge is 0.408 e. The molecule has 4 aromatic carbocycles. The Bertz CT molecular complexity index is 1610. The first-order chi connectivity index (χ1) is 23.2. The highest BCUT2D eigenvalue weighted by molar-refractivity contribution is 6.01. The number of nitrogens with one attached hydrogen (secondary N) is 4. The van der Waals surface area contributed by atoms with Crippen LogP contribution in [0.1, 0.15) is 40.9 Å². The molecule has 0 bridgehead atoms. The van der Waals surface area contributed by atoms with E-state index >= 15 is 0 Å². The van der Waals surface area contributed by atoms with Crippen molar-refractivity contribution in [3.63, 3.8) is 0 Å². The lowest BCUT2D eigenvalue weighted by molar-refractivity contribution is -0.118. The molecule has 48 heavy (non-hydrogen) atoms. The highest BCUT2D eigenvalue weighted by atomic mass is 16.6. The van der Waals surface area contributed by atoms with Crippen LogP contribution in [0.4, 0.5) is 21.0 Å². The molecule has 0 radical (unpaired) electrons. The summed E-state index contributed by atoms with van der Waals surface area (Å²) in [5.41, 5.74) is 2.64. The van der Waals surface area contributed by atoms with Gasteiger partial charge in [0.25, 0.3) is 0 Å². The van der Waals surface area contributed by atoms with E-state index in [2.05, 4.69) is 21.3 Å². The summed E-state index contributed by atoms with van der Waals surface area (Å²) in [7, 11) is 0. The van der Waals surface area contributed by atoms with Crippen molar-refractivity contribution in [2.75, 3.05) is 10.6 Å². The molecule has 0 heterocycles. The van der Waals surface area contributed by atoms with Crippen LogP contribution in [0.15, 0.2) is 109 Å². The van der Waals surface area contributed by atoms with Crippen LogP contribution >= 0.6 is 0 Å². The van der Waals surface area contributed by atoms with E-state index in [9.17, 15) is 24.0 Å². The number of carbonyl (C=O) groups excluding carboxylic acids is 5. The van der Waals surface area contributed by atoms with E-state index < -0.39 is 42.1 Å². The average molecular weight is 653 g/mol. The summed E-state index contributed by atoms with van der Waals surface area (Å²) in [6.07, 6.45) is -1.59. The van der Waals surface area contributed by atoms with Crippen molar-refractivity contribution in [3.05, 3.63) is 131 Å². The van der Waals surface area contributed by atoms with Gasteiger partial charge in [-0.05, 0) is 48.7 Å². The molecule has 12 nitrogen and oxygen atoms in total. The van der Waals surface area contributed by atoms with E-state index in [0.717, 1.165) is 16.7 Å². The number of amides is 4. The number of alkyl carbamates (subject to hydrolysis) is 2. The first kappa shape index (κ1) is 34.7. The predicted molar refractivity (Wildman–Crippen MR) is 178 cm³/mol. The Kier molecular flexibility index (Phi) is 12.7. The van der Waals surface area contributed by atoms with Crippen LogP contribution < -0.4 is 21.3 Å². The van der Waals surface area contributed by atoms with Crippen LogP contribution in [0.5, 0.6) is 0 Å². The van der Waals surface area contributed by atoms with Gasteiger partial charge in [0.1, 0.15) is 31.9 Å². The number of anilines is 2. The van der Waals surface area contributed by atoms with Gasteiger partial charge in [-0.1, -0.05) is 91.0 Å². The standard InChI is InChI=1S/C36H36N4O8/c1-24(37-35(44)47-22-27-14-8-4-9-15-27)32(41)39-30-18-29(34(43)46-21-26-12-6-3-7-13-26)19-31(20-30)40-33(42)25(2)38-36(45)48-23-28-16-10-5-11-17-28/h3-20,24-25H,21-23H2,1-2H3,(H,37,44)(H,38,45)(H,39,41)(H,40,42)/t24-,25-/m0/s1. The molecule has 0 spiro atoms. The van der Waals surface area contributed by atoms with E-state index in [4.69, 9.17) is 14.2 Å². The summed E-state index contributed by atoms with van der Waals surface area (Å²) in [6, 6.07) is 29.3. The number of carbonyl (C=O) groups is 5. The van der Waals surface area contributed by atoms with Gasteiger partial charge >= 0.3 is 18.2 Å². The van der Waals surface area contributed by atoms with Crippen molar-refractivity contribution in [2.45, 2.75) is 45.8 Å². The summed E-state index contributed by atoms with van der Waals surface area (Å²) in [4.78, 5) is 63.6. The van der Waals surface area contributed by atoms with Gasteiger partial charge in [-0.25, -0.2) is 14.4 Å². The molecule has 248 valence electrons. The molecule has 0 aliphatic heterocycles. The minimum absolute atomic E-state index is 0.00392. The average Bonchev–Trinajstić information content (AvgIpc) is 3.10. The van der Waals surface area contributed by atoms with Gasteiger partial charge in [-0.15, -0.1) is 0 Å². The second-order valence-corrected chi connectivity index (χ2v) is 10.7. The normalized spacial score (nSPS) is 11.6. The van der Waals surface area contributed by atoms with Gasteiger partial charge in [0.05, 0.1) is 5.56 Å². The van der Waals surface area contributed by atoms with Crippen molar-refractivity contribution in [1.82, 2.24) is 10.6 Å². The zero-order chi connectivity index (χ0) is 34.3. The number of hydrogen-bond acceptors (Lipinski definition) is 8. The van der Waals surface area contributed by atoms with Crippen LogP contribution in [0.25, 0.3) is 0 Å². The molecule has 4 aromatic rings. The van der Waals surface area contributed by atoms with Crippen molar-refractivity contribution in [3.8, 4) is 0 Å². The van der Waals surface area contributed by atoms with Crippen molar-refractivity contribution >= 4 is 41.3 Å². The maximum absolute atomic E-state index is 13.0. The molecule has 0 unspecified atom stereocenters. The van der Waals surface area contributed by atoms with Crippen LogP contribution in [0.2, 0.25) is 0 Å². The summed E-state index contributed by atoms with van der Waals surface area (Å²) in [5.74, 6) is -1.94. The Morgan fingerprint density at radius 3 is 1.25 bits per heavy atom. The highest BCUT2D eigenvalue weighted by Crippen LogP contribution is 2.21. The van der Waals surface area contributed by atoms with Crippen molar-refractivity contribution in [2.24, 2.45) is 0 Å². The van der Waals surface area contributed by atoms with Gasteiger partial charge in [-0.2, -0.15) is 0 Å². The fourth-order valence-corrected chi connectivity index (χ4v) is 4.21. The third-order valence-corrected chi connectivity index (χ3v) is 6.80. The second kappa shape index (κ2) is 17.5. The minimum atomic E-state index is -1.02. The Morgan fingerprint density at radius 1 is 0.521 bits per heavy atom. The molecule has 0 aliphatic rings. The van der Waals surface area contributed by atoms with Gasteiger partial charge in [-0.3, -0.25) is 9.59 Å². The molecule has 0 saturated carbocycles. The molecule has 2 atom stereocenters. The van der Waals surface area contributed by atoms with Gasteiger partial charge in [0, 0.05) is 11.4 Å². The van der Waals surface area contributed by atoms with E-state index in [1.54, 1.807) is 36.4 Å². The maximum atomic E-state index is 13.0. The van der Waals surface area contributed by atoms with E-state index in [1.165, 1.54) is 32.0 Å². The number of ether oxygens (including phenoxy) is 3. The molecule has 0 fully saturated rings. The van der Waals surface area contributed by atoms with E-state index in [0.29, 0.717) is 0 Å². The molecule has 0 saturated heterocycles. The Balaban J connectivity index is 1.40. The first-order valence-electron chi connectivity index (χ1n) is 15.1. The monoisotopic (exact) mass is 652 g/mol. The minimum Gasteiger partial charge on any atom is -0.457 e. The Hall–Kier alpha value is -6.17. The Labute approximate surface area is 277 Å². The van der Waals surface area contributed by atoms with Crippen LogP contribution in [0, 0.1) is 0 Å². The summed E-state index contributed by atoms with van der Waals surface area (Å²) >= 11 is 0. The predicted octanol–water partition coefficient (Wildman–Crippen LogP) is 5.55. The van der Waals surface area contributed by atoms with Gasteiger partial charge in [0.15, 0.2) is 0 Å². The molecule has 4 rings (SSSR count). The molecule has 12 heteroatoms. The van der Waals surface area contributed by atoms with Crippen LogP contribution in [0.3, 0.4) is 0 Å². The molecule has 4 N–H and O–H groups in total. The highest BCUT2D eigenvalue weighted by Gasteiger charge is 2.21. The maximum Gasteiger partial charge on any atom is 0.408 e. The molecular weight excluding hydrogens is 616 g/mol. The van der Waals surface area contributed by atoms with Crippen LogP contribution in [-0.2, 0) is 43.6 Å². The molecule has 0 aromatic heterocycles. The number of rotatable bonds is 13. The largest absolute Gasteiger partial charge is 0.457 e. The SMILES string of the molecule is C[C@H](NC(=O)OCc1ccccc1)C(=O)Nc1cc(NC(=O)[C@H](C)NC(=O)OCc2ccccc2)cc(C(=O)OCc2ccccc2)c1. The fourth-order valence-electron chi connectivity index (χ4n) is 4.21. The molecular formula is C36H36N4O8. The summed E-state index contributed by atoms with van der Waals surface area (Å²) < 4.78 is 15.8. The second-order valence-electron chi connectivity index (χ2n) is 10.7. The van der Waals surface area contributed by atoms with Gasteiger partial charge in [0.2, 0.25) is 11.8 Å². The van der Waals surface area contributed by atoms with Crippen molar-refractivity contribution < 1.29 is 38.2 Å².